The Hall–Kier alpha value is -2.55. The summed E-state index contributed by atoms with van der Waals surface area (Å²) in [5.74, 6) is -0.404. The van der Waals surface area contributed by atoms with Crippen molar-refractivity contribution in [1.29, 1.82) is 0 Å². The summed E-state index contributed by atoms with van der Waals surface area (Å²) in [7, 11) is -3.47. The van der Waals surface area contributed by atoms with Gasteiger partial charge < -0.3 is 5.32 Å². The van der Waals surface area contributed by atoms with E-state index in [0.29, 0.717) is 23.2 Å². The van der Waals surface area contributed by atoms with Crippen molar-refractivity contribution in [2.24, 2.45) is 0 Å². The predicted octanol–water partition coefficient (Wildman–Crippen LogP) is 3.36. The maximum Gasteiger partial charge on any atom is 0.416 e. The number of sulfonamides is 1. The van der Waals surface area contributed by atoms with Crippen molar-refractivity contribution >= 4 is 21.6 Å². The Balaban J connectivity index is 1.97. The number of nitrogens with one attached hydrogen (secondary N) is 2. The van der Waals surface area contributed by atoms with Crippen molar-refractivity contribution in [2.45, 2.75) is 19.5 Å². The minimum absolute atomic E-state index is 0.229. The molecule has 0 aromatic heterocycles. The van der Waals surface area contributed by atoms with Crippen LogP contribution in [0.1, 0.15) is 27.0 Å². The first-order valence-electron chi connectivity index (χ1n) is 7.98. The van der Waals surface area contributed by atoms with Crippen LogP contribution in [0.25, 0.3) is 0 Å². The van der Waals surface area contributed by atoms with E-state index in [9.17, 15) is 26.4 Å². The monoisotopic (exact) mass is 400 g/mol. The molecule has 9 heteroatoms. The molecule has 27 heavy (non-hydrogen) atoms. The number of rotatable bonds is 6. The molecule has 0 heterocycles. The molecule has 0 aliphatic heterocycles. The van der Waals surface area contributed by atoms with Gasteiger partial charge in [0.2, 0.25) is 10.0 Å². The van der Waals surface area contributed by atoms with Crippen LogP contribution in [-0.2, 0) is 22.6 Å². The maximum atomic E-state index is 12.5. The van der Waals surface area contributed by atoms with Gasteiger partial charge in [-0.25, -0.2) is 8.42 Å². The largest absolute Gasteiger partial charge is 0.416 e. The van der Waals surface area contributed by atoms with Gasteiger partial charge in [0.1, 0.15) is 0 Å². The van der Waals surface area contributed by atoms with E-state index in [1.54, 1.807) is 19.1 Å². The third-order valence-electron chi connectivity index (χ3n) is 3.78. The smallest absolute Gasteiger partial charge is 0.352 e. The quantitative estimate of drug-likeness (QED) is 0.781. The highest BCUT2D eigenvalue weighted by atomic mass is 32.2. The van der Waals surface area contributed by atoms with Gasteiger partial charge in [-0.15, -0.1) is 0 Å². The maximum absolute atomic E-state index is 12.5. The lowest BCUT2D eigenvalue weighted by Gasteiger charge is -2.11. The summed E-state index contributed by atoms with van der Waals surface area (Å²) in [6.45, 7) is 1.94. The molecule has 0 unspecified atom stereocenters. The number of alkyl halides is 3. The molecule has 0 radical (unpaired) electrons. The van der Waals surface area contributed by atoms with Gasteiger partial charge in [0.25, 0.3) is 5.91 Å². The Kier molecular flexibility index (Phi) is 6.15. The molecule has 2 aromatic carbocycles. The number of halogens is 3. The van der Waals surface area contributed by atoms with E-state index >= 15 is 0 Å². The van der Waals surface area contributed by atoms with Gasteiger partial charge in [-0.05, 0) is 48.7 Å². The average molecular weight is 400 g/mol. The Morgan fingerprint density at radius 1 is 1.07 bits per heavy atom. The van der Waals surface area contributed by atoms with Gasteiger partial charge in [0.05, 0.1) is 17.5 Å². The van der Waals surface area contributed by atoms with E-state index in [-0.39, 0.29) is 12.1 Å². The molecule has 0 spiro atoms. The number of hydrogen-bond acceptors (Lipinski definition) is 3. The van der Waals surface area contributed by atoms with Crippen molar-refractivity contribution in [3.63, 3.8) is 0 Å². The molecular formula is C18H19F3N2O3S. The Morgan fingerprint density at radius 3 is 2.26 bits per heavy atom. The van der Waals surface area contributed by atoms with Crippen molar-refractivity contribution in [2.75, 3.05) is 17.5 Å². The van der Waals surface area contributed by atoms with Crippen molar-refractivity contribution in [3.8, 4) is 0 Å². The van der Waals surface area contributed by atoms with Crippen LogP contribution in [0.3, 0.4) is 0 Å². The number of carbonyl (C=O) groups is 1. The molecular weight excluding hydrogens is 381 g/mol. The lowest BCUT2D eigenvalue weighted by atomic mass is 10.1. The molecule has 146 valence electrons. The average Bonchev–Trinajstić information content (AvgIpc) is 2.55. The molecule has 0 fully saturated rings. The first kappa shape index (κ1) is 20.8. The SMILES string of the molecule is Cc1ccc(C(=O)NCCc2ccc(C(F)(F)F)cc2)cc1NS(C)(=O)=O. The van der Waals surface area contributed by atoms with Crippen LogP contribution in [0.15, 0.2) is 42.5 Å². The molecule has 0 saturated heterocycles. The number of anilines is 1. The van der Waals surface area contributed by atoms with Crippen LogP contribution in [0.2, 0.25) is 0 Å². The lowest BCUT2D eigenvalue weighted by molar-refractivity contribution is -0.137. The minimum atomic E-state index is -4.38. The summed E-state index contributed by atoms with van der Waals surface area (Å²) in [5, 5.41) is 2.66. The molecule has 0 saturated carbocycles. The van der Waals surface area contributed by atoms with E-state index in [1.165, 1.54) is 18.2 Å². The van der Waals surface area contributed by atoms with Crippen LogP contribution >= 0.6 is 0 Å². The minimum Gasteiger partial charge on any atom is -0.352 e. The second-order valence-electron chi connectivity index (χ2n) is 6.10. The number of hydrogen-bond donors (Lipinski definition) is 2. The molecule has 2 rings (SSSR count). The van der Waals surface area contributed by atoms with E-state index < -0.39 is 27.7 Å². The van der Waals surface area contributed by atoms with Crippen LogP contribution in [0, 0.1) is 6.92 Å². The molecule has 2 aromatic rings. The van der Waals surface area contributed by atoms with Crippen LogP contribution in [0.5, 0.6) is 0 Å². The van der Waals surface area contributed by atoms with E-state index in [0.717, 1.165) is 18.4 Å². The Labute approximate surface area is 155 Å². The first-order valence-corrected chi connectivity index (χ1v) is 9.87. The highest BCUT2D eigenvalue weighted by molar-refractivity contribution is 7.92. The fourth-order valence-electron chi connectivity index (χ4n) is 2.36. The fourth-order valence-corrected chi connectivity index (χ4v) is 2.98. The van der Waals surface area contributed by atoms with E-state index in [1.807, 2.05) is 0 Å². The van der Waals surface area contributed by atoms with Gasteiger partial charge in [-0.1, -0.05) is 18.2 Å². The highest BCUT2D eigenvalue weighted by Gasteiger charge is 2.29. The van der Waals surface area contributed by atoms with Gasteiger partial charge in [-0.3, -0.25) is 9.52 Å². The third-order valence-corrected chi connectivity index (χ3v) is 4.37. The summed E-state index contributed by atoms with van der Waals surface area (Å²) >= 11 is 0. The van der Waals surface area contributed by atoms with Crippen molar-refractivity contribution < 1.29 is 26.4 Å². The van der Waals surface area contributed by atoms with E-state index in [2.05, 4.69) is 10.0 Å². The molecule has 2 N–H and O–H groups in total. The molecule has 5 nitrogen and oxygen atoms in total. The van der Waals surface area contributed by atoms with Gasteiger partial charge >= 0.3 is 6.18 Å². The number of benzene rings is 2. The van der Waals surface area contributed by atoms with Crippen molar-refractivity contribution in [1.82, 2.24) is 5.32 Å². The zero-order valence-corrected chi connectivity index (χ0v) is 15.5. The molecule has 0 atom stereocenters. The van der Waals surface area contributed by atoms with Gasteiger partial charge in [-0.2, -0.15) is 13.2 Å². The summed E-state index contributed by atoms with van der Waals surface area (Å²) < 4.78 is 62.7. The highest BCUT2D eigenvalue weighted by Crippen LogP contribution is 2.29. The van der Waals surface area contributed by atoms with Crippen LogP contribution < -0.4 is 10.0 Å². The summed E-state index contributed by atoms with van der Waals surface area (Å²) in [6.07, 6.45) is -3.00. The van der Waals surface area contributed by atoms with Gasteiger partial charge in [0.15, 0.2) is 0 Å². The first-order chi connectivity index (χ1) is 12.5. The second kappa shape index (κ2) is 7.99. The number of amides is 1. The second-order valence-corrected chi connectivity index (χ2v) is 7.85. The topological polar surface area (TPSA) is 75.3 Å². The fraction of sp³-hybridized carbons (Fsp3) is 0.278. The molecule has 0 aliphatic rings. The van der Waals surface area contributed by atoms with Crippen LogP contribution in [-0.4, -0.2) is 27.1 Å². The number of aryl methyl sites for hydroxylation is 1. The zero-order chi connectivity index (χ0) is 20.2. The van der Waals surface area contributed by atoms with Crippen molar-refractivity contribution in [3.05, 3.63) is 64.7 Å². The molecule has 1 amide bonds. The predicted molar refractivity (Wildman–Crippen MR) is 97.1 cm³/mol. The van der Waals surface area contributed by atoms with Gasteiger partial charge in [0, 0.05) is 12.1 Å². The summed E-state index contributed by atoms with van der Waals surface area (Å²) in [6, 6.07) is 9.36. The standard InChI is InChI=1S/C18H19F3N2O3S/c1-12-3-6-14(11-16(12)23-27(2,25)26)17(24)22-10-9-13-4-7-15(8-5-13)18(19,20)21/h3-8,11,23H,9-10H2,1-2H3,(H,22,24). The Bertz CT molecular complexity index is 924. The summed E-state index contributed by atoms with van der Waals surface area (Å²) in [5.41, 5.74) is 1.20. The molecule has 0 bridgehead atoms. The number of carbonyl (C=O) groups excluding carboxylic acids is 1. The normalized spacial score (nSPS) is 11.9. The zero-order valence-electron chi connectivity index (χ0n) is 14.7. The lowest BCUT2D eigenvalue weighted by Crippen LogP contribution is -2.26. The Morgan fingerprint density at radius 2 is 1.70 bits per heavy atom. The molecule has 0 aliphatic carbocycles. The van der Waals surface area contributed by atoms with Crippen LogP contribution in [0.4, 0.5) is 18.9 Å². The summed E-state index contributed by atoms with van der Waals surface area (Å²) in [4.78, 5) is 12.2. The van der Waals surface area contributed by atoms with E-state index in [4.69, 9.17) is 0 Å². The third kappa shape index (κ3) is 6.28.